The van der Waals surface area contributed by atoms with Crippen molar-refractivity contribution in [2.75, 3.05) is 25.1 Å². The van der Waals surface area contributed by atoms with E-state index in [4.69, 9.17) is 0 Å². The Morgan fingerprint density at radius 3 is 2.88 bits per heavy atom. The maximum Gasteiger partial charge on any atom is 0.0110 e. The van der Waals surface area contributed by atoms with Crippen LogP contribution in [0.5, 0.6) is 0 Å². The zero-order valence-electron chi connectivity index (χ0n) is 11.2. The molecule has 1 aliphatic carbocycles. The first kappa shape index (κ1) is 13.7. The lowest BCUT2D eigenvalue weighted by atomic mass is 9.88. The van der Waals surface area contributed by atoms with Crippen LogP contribution in [0.1, 0.15) is 44.9 Å². The Balaban J connectivity index is 1.72. The van der Waals surface area contributed by atoms with Gasteiger partial charge in [0, 0.05) is 12.1 Å². The first-order chi connectivity index (χ1) is 8.42. The van der Waals surface area contributed by atoms with E-state index in [2.05, 4.69) is 16.9 Å². The van der Waals surface area contributed by atoms with Crippen molar-refractivity contribution in [3.8, 4) is 0 Å². The number of thioether (sulfide) groups is 1. The Morgan fingerprint density at radius 1 is 1.18 bits per heavy atom. The van der Waals surface area contributed by atoms with Crippen LogP contribution < -0.4 is 10.6 Å². The summed E-state index contributed by atoms with van der Waals surface area (Å²) in [5, 5.41) is 7.56. The van der Waals surface area contributed by atoms with Crippen molar-refractivity contribution in [3.63, 3.8) is 0 Å². The molecule has 0 amide bonds. The predicted octanol–water partition coefficient (Wildman–Crippen LogP) is 2.64. The molecule has 2 N–H and O–H groups in total. The van der Waals surface area contributed by atoms with E-state index in [1.807, 2.05) is 11.8 Å². The van der Waals surface area contributed by atoms with E-state index in [1.54, 1.807) is 0 Å². The number of hydrogen-bond donors (Lipinski definition) is 2. The van der Waals surface area contributed by atoms with E-state index in [1.165, 1.54) is 63.8 Å². The molecule has 2 fully saturated rings. The number of nitrogens with one attached hydrogen (secondary N) is 2. The molecule has 1 saturated heterocycles. The third-order valence-electron chi connectivity index (χ3n) is 4.37. The molecule has 17 heavy (non-hydrogen) atoms. The normalized spacial score (nSPS) is 34.1. The van der Waals surface area contributed by atoms with Gasteiger partial charge in [0.15, 0.2) is 0 Å². The highest BCUT2D eigenvalue weighted by Crippen LogP contribution is 2.31. The largest absolute Gasteiger partial charge is 0.314 e. The summed E-state index contributed by atoms with van der Waals surface area (Å²) in [7, 11) is 0. The van der Waals surface area contributed by atoms with E-state index in [-0.39, 0.29) is 0 Å². The van der Waals surface area contributed by atoms with Gasteiger partial charge in [0.05, 0.1) is 0 Å². The van der Waals surface area contributed by atoms with Crippen molar-refractivity contribution >= 4 is 11.8 Å². The smallest absolute Gasteiger partial charge is 0.0110 e. The average molecular weight is 256 g/mol. The SMILES string of the molecule is CSCCCNC1CCCC1C1CCCCN1. The minimum Gasteiger partial charge on any atom is -0.314 e. The van der Waals surface area contributed by atoms with Gasteiger partial charge in [-0.05, 0) is 63.1 Å². The standard InChI is InChI=1S/C14H28N2S/c1-17-11-5-10-16-14-8-4-6-12(14)13-7-2-3-9-15-13/h12-16H,2-11H2,1H3. The first-order valence-corrected chi connectivity index (χ1v) is 8.77. The lowest BCUT2D eigenvalue weighted by molar-refractivity contribution is 0.258. The van der Waals surface area contributed by atoms with Crippen molar-refractivity contribution in [3.05, 3.63) is 0 Å². The lowest BCUT2D eigenvalue weighted by Gasteiger charge is -2.33. The van der Waals surface area contributed by atoms with Crippen LogP contribution in [0.2, 0.25) is 0 Å². The molecule has 2 nitrogen and oxygen atoms in total. The maximum absolute atomic E-state index is 3.81. The van der Waals surface area contributed by atoms with Crippen LogP contribution in [0.4, 0.5) is 0 Å². The van der Waals surface area contributed by atoms with Gasteiger partial charge in [-0.2, -0.15) is 11.8 Å². The van der Waals surface area contributed by atoms with Gasteiger partial charge in [-0.25, -0.2) is 0 Å². The van der Waals surface area contributed by atoms with Crippen LogP contribution >= 0.6 is 11.8 Å². The monoisotopic (exact) mass is 256 g/mol. The van der Waals surface area contributed by atoms with Gasteiger partial charge >= 0.3 is 0 Å². The molecule has 2 aliphatic rings. The Bertz CT molecular complexity index is 204. The van der Waals surface area contributed by atoms with E-state index in [0.29, 0.717) is 0 Å². The molecule has 2 rings (SSSR count). The van der Waals surface area contributed by atoms with Crippen LogP contribution in [0.3, 0.4) is 0 Å². The molecule has 100 valence electrons. The van der Waals surface area contributed by atoms with Crippen molar-refractivity contribution in [1.82, 2.24) is 10.6 Å². The fourth-order valence-corrected chi connectivity index (χ4v) is 3.90. The highest BCUT2D eigenvalue weighted by Gasteiger charge is 2.33. The van der Waals surface area contributed by atoms with Crippen molar-refractivity contribution in [2.24, 2.45) is 5.92 Å². The number of rotatable bonds is 6. The molecule has 1 saturated carbocycles. The third-order valence-corrected chi connectivity index (χ3v) is 5.06. The van der Waals surface area contributed by atoms with Gasteiger partial charge in [-0.3, -0.25) is 0 Å². The molecule has 3 atom stereocenters. The summed E-state index contributed by atoms with van der Waals surface area (Å²) >= 11 is 1.96. The van der Waals surface area contributed by atoms with Gasteiger partial charge in [-0.15, -0.1) is 0 Å². The molecule has 1 aliphatic heterocycles. The predicted molar refractivity (Wildman–Crippen MR) is 77.8 cm³/mol. The summed E-state index contributed by atoms with van der Waals surface area (Å²) in [5.74, 6) is 2.20. The molecular weight excluding hydrogens is 228 g/mol. The van der Waals surface area contributed by atoms with E-state index < -0.39 is 0 Å². The van der Waals surface area contributed by atoms with E-state index >= 15 is 0 Å². The summed E-state index contributed by atoms with van der Waals surface area (Å²) in [6.45, 7) is 2.47. The average Bonchev–Trinajstić information content (AvgIpc) is 2.84. The van der Waals surface area contributed by atoms with Gasteiger partial charge in [0.2, 0.25) is 0 Å². The fraction of sp³-hybridized carbons (Fsp3) is 1.00. The molecule has 0 aromatic carbocycles. The molecule has 0 aromatic rings. The quantitative estimate of drug-likeness (QED) is 0.715. The van der Waals surface area contributed by atoms with Gasteiger partial charge < -0.3 is 10.6 Å². The lowest BCUT2D eigenvalue weighted by Crippen LogP contribution is -2.47. The van der Waals surface area contributed by atoms with Gasteiger partial charge in [0.25, 0.3) is 0 Å². The second kappa shape index (κ2) is 7.65. The van der Waals surface area contributed by atoms with Crippen molar-refractivity contribution in [2.45, 2.75) is 57.0 Å². The molecule has 0 spiro atoms. The number of piperidine rings is 1. The third kappa shape index (κ3) is 4.15. The van der Waals surface area contributed by atoms with Crippen LogP contribution in [-0.2, 0) is 0 Å². The van der Waals surface area contributed by atoms with Gasteiger partial charge in [0.1, 0.15) is 0 Å². The van der Waals surface area contributed by atoms with E-state index in [9.17, 15) is 0 Å². The Morgan fingerprint density at radius 2 is 2.12 bits per heavy atom. The van der Waals surface area contributed by atoms with Crippen molar-refractivity contribution in [1.29, 1.82) is 0 Å². The Kier molecular flexibility index (Phi) is 6.16. The Labute approximate surface area is 111 Å². The summed E-state index contributed by atoms with van der Waals surface area (Å²) in [6.07, 6.45) is 12.0. The second-order valence-electron chi connectivity index (χ2n) is 5.56. The van der Waals surface area contributed by atoms with Crippen LogP contribution in [-0.4, -0.2) is 37.2 Å². The number of hydrogen-bond acceptors (Lipinski definition) is 3. The zero-order chi connectivity index (χ0) is 11.9. The second-order valence-corrected chi connectivity index (χ2v) is 6.54. The topological polar surface area (TPSA) is 24.1 Å². The molecule has 0 aromatic heterocycles. The maximum atomic E-state index is 3.81. The highest BCUT2D eigenvalue weighted by molar-refractivity contribution is 7.98. The summed E-state index contributed by atoms with van der Waals surface area (Å²) in [6, 6.07) is 1.61. The molecular formula is C14H28N2S. The van der Waals surface area contributed by atoms with Crippen LogP contribution in [0.15, 0.2) is 0 Å². The Hall–Kier alpha value is 0.270. The fourth-order valence-electron chi connectivity index (χ4n) is 3.47. The molecule has 0 radical (unpaired) electrons. The highest BCUT2D eigenvalue weighted by atomic mass is 32.2. The molecule has 3 unspecified atom stereocenters. The molecule has 3 heteroatoms. The molecule has 0 bridgehead atoms. The van der Waals surface area contributed by atoms with E-state index in [0.717, 1.165) is 18.0 Å². The van der Waals surface area contributed by atoms with Crippen LogP contribution in [0.25, 0.3) is 0 Å². The minimum absolute atomic E-state index is 0.799. The summed E-state index contributed by atoms with van der Waals surface area (Å²) in [5.41, 5.74) is 0. The minimum atomic E-state index is 0.799. The van der Waals surface area contributed by atoms with Crippen molar-refractivity contribution < 1.29 is 0 Å². The summed E-state index contributed by atoms with van der Waals surface area (Å²) in [4.78, 5) is 0. The zero-order valence-corrected chi connectivity index (χ0v) is 12.0. The first-order valence-electron chi connectivity index (χ1n) is 7.37. The van der Waals surface area contributed by atoms with Crippen LogP contribution in [0, 0.1) is 5.92 Å². The summed E-state index contributed by atoms with van der Waals surface area (Å²) < 4.78 is 0. The van der Waals surface area contributed by atoms with Gasteiger partial charge in [-0.1, -0.05) is 12.8 Å². The molecule has 1 heterocycles.